The van der Waals surface area contributed by atoms with Crippen molar-refractivity contribution in [3.8, 4) is 51.1 Å². The second-order valence-corrected chi connectivity index (χ2v) is 17.3. The molecule has 8 aromatic rings. The molecule has 17 nitrogen and oxygen atoms in total. The number of hydrogen-bond donors (Lipinski definition) is 3. The topological polar surface area (TPSA) is 263 Å². The van der Waals surface area contributed by atoms with Crippen LogP contribution in [-0.4, -0.2) is 90.3 Å². The van der Waals surface area contributed by atoms with Gasteiger partial charge in [0, 0.05) is 48.0 Å². The molecule has 388 valence electrons. The van der Waals surface area contributed by atoms with E-state index in [2.05, 4.69) is 50.7 Å². The highest BCUT2D eigenvalue weighted by Crippen LogP contribution is 2.24. The van der Waals surface area contributed by atoms with Crippen LogP contribution in [0.5, 0.6) is 0 Å². The molecule has 0 aliphatic rings. The molecule has 0 spiro atoms. The highest BCUT2D eigenvalue weighted by atomic mass is 35.5. The van der Waals surface area contributed by atoms with Crippen LogP contribution in [0, 0.1) is 32.1 Å². The molecular weight excluding hydrogens is 1030 g/mol. The molecular formula is C53H57Cl3N10O7S. The lowest BCUT2D eigenvalue weighted by Gasteiger charge is -2.07. The molecule has 0 aliphatic heterocycles. The Hall–Kier alpha value is -7.34. The maximum atomic E-state index is 11.2. The number of aromatic nitrogens is 8. The smallest absolute Gasteiger partial charge is 0.313 e. The zero-order chi connectivity index (χ0) is 53.6. The number of nitrogens with two attached hydrogens (primary N) is 1. The monoisotopic (exact) mass is 1080 g/mol. The number of nitrogens with zero attached hydrogens (tertiary/aromatic N) is 9. The van der Waals surface area contributed by atoms with Gasteiger partial charge in [-0.25, -0.2) is 39.9 Å². The van der Waals surface area contributed by atoms with E-state index in [0.29, 0.717) is 34.7 Å². The van der Waals surface area contributed by atoms with Gasteiger partial charge in [-0.3, -0.25) is 8.98 Å². The molecule has 0 bridgehead atoms. The van der Waals surface area contributed by atoms with Gasteiger partial charge < -0.3 is 20.7 Å². The van der Waals surface area contributed by atoms with Crippen LogP contribution < -0.4 is 5.73 Å². The summed E-state index contributed by atoms with van der Waals surface area (Å²) in [6.07, 6.45) is 7.96. The van der Waals surface area contributed by atoms with Crippen molar-refractivity contribution in [1.82, 2.24) is 39.9 Å². The van der Waals surface area contributed by atoms with Gasteiger partial charge in [-0.05, 0) is 37.5 Å². The molecule has 0 aliphatic carbocycles. The van der Waals surface area contributed by atoms with E-state index < -0.39 is 10.1 Å². The van der Waals surface area contributed by atoms with E-state index in [0.717, 1.165) is 69.4 Å². The van der Waals surface area contributed by atoms with E-state index in [1.54, 1.807) is 18.6 Å². The summed E-state index contributed by atoms with van der Waals surface area (Å²) in [5.74, 6) is 1.40. The van der Waals surface area contributed by atoms with Gasteiger partial charge in [0.1, 0.15) is 31.3 Å². The number of methoxy groups -OCH3 is 1. The highest BCUT2D eigenvalue weighted by Gasteiger charge is 2.12. The fourth-order valence-corrected chi connectivity index (χ4v) is 6.42. The number of benzene rings is 4. The number of carbonyl (C=O) groups excluding carboxylic acids is 1. The quantitative estimate of drug-likeness (QED) is 0.0619. The van der Waals surface area contributed by atoms with Gasteiger partial charge in [0.05, 0.1) is 65.9 Å². The van der Waals surface area contributed by atoms with E-state index in [9.17, 15) is 13.2 Å². The summed E-state index contributed by atoms with van der Waals surface area (Å²) in [5, 5.41) is 24.8. The molecule has 0 atom stereocenters. The van der Waals surface area contributed by atoms with Crippen LogP contribution in [0.2, 0.25) is 0 Å². The summed E-state index contributed by atoms with van der Waals surface area (Å²) < 4.78 is 31.2. The van der Waals surface area contributed by atoms with Crippen molar-refractivity contribution in [2.75, 3.05) is 31.5 Å². The second-order valence-electron chi connectivity index (χ2n) is 14.8. The highest BCUT2D eigenvalue weighted by molar-refractivity contribution is 7.85. The Morgan fingerprint density at radius 1 is 0.608 bits per heavy atom. The van der Waals surface area contributed by atoms with E-state index in [1.165, 1.54) is 13.3 Å². The summed E-state index contributed by atoms with van der Waals surface area (Å²) in [4.78, 5) is 44.7. The third kappa shape index (κ3) is 21.8. The van der Waals surface area contributed by atoms with Gasteiger partial charge in [0.25, 0.3) is 10.1 Å². The van der Waals surface area contributed by atoms with Crippen molar-refractivity contribution >= 4 is 57.4 Å². The average molecular weight is 1080 g/mol. The minimum absolute atomic E-state index is 0. The van der Waals surface area contributed by atoms with Crippen LogP contribution >= 0.6 is 35.6 Å². The van der Waals surface area contributed by atoms with Gasteiger partial charge in [-0.1, -0.05) is 121 Å². The van der Waals surface area contributed by atoms with E-state index in [-0.39, 0.29) is 49.8 Å². The lowest BCUT2D eigenvalue weighted by Crippen LogP contribution is -2.09. The van der Waals surface area contributed by atoms with Crippen LogP contribution in [-0.2, 0) is 49.9 Å². The normalized spacial score (nSPS) is 9.91. The van der Waals surface area contributed by atoms with Crippen molar-refractivity contribution in [3.05, 3.63) is 186 Å². The largest absolute Gasteiger partial charge is 0.469 e. The van der Waals surface area contributed by atoms with Crippen molar-refractivity contribution in [1.29, 1.82) is 5.26 Å². The van der Waals surface area contributed by atoms with E-state index >= 15 is 0 Å². The van der Waals surface area contributed by atoms with Gasteiger partial charge in [0.15, 0.2) is 11.6 Å². The lowest BCUT2D eigenvalue weighted by atomic mass is 10.1. The number of halogens is 3. The number of anilines is 1. The Morgan fingerprint density at radius 2 is 0.946 bits per heavy atom. The van der Waals surface area contributed by atoms with Crippen LogP contribution in [0.1, 0.15) is 40.0 Å². The molecule has 4 N–H and O–H groups in total. The Balaban J connectivity index is 0.000000327. The molecule has 0 fully saturated rings. The summed E-state index contributed by atoms with van der Waals surface area (Å²) in [6, 6.07) is 41.0. The molecule has 4 aromatic heterocycles. The Labute approximate surface area is 448 Å². The maximum Gasteiger partial charge on any atom is 0.313 e. The van der Waals surface area contributed by atoms with Crippen molar-refractivity contribution in [2.24, 2.45) is 0 Å². The van der Waals surface area contributed by atoms with Gasteiger partial charge >= 0.3 is 5.97 Å². The third-order valence-corrected chi connectivity index (χ3v) is 9.98. The first kappa shape index (κ1) is 62.8. The summed E-state index contributed by atoms with van der Waals surface area (Å²) in [7, 11) is -1.16. The van der Waals surface area contributed by atoms with Crippen LogP contribution in [0.4, 0.5) is 5.69 Å². The minimum Gasteiger partial charge on any atom is -0.469 e. The van der Waals surface area contributed by atoms with Crippen molar-refractivity contribution in [2.45, 2.75) is 46.8 Å². The SMILES string of the molecule is CO.COC(=O)Cc1ncc(N)c(-c2ccccc2)n1.Cc1cnc(CC#N)nc1-c1ccccc1.Cc1cnc(CO)nc1-c1ccccc1.Cc1cnc(COS(C)(=O)=O)nc1-c1ccccc1.Cl.ClCCl. The number of hydrogen-bond acceptors (Lipinski definition) is 17. The van der Waals surface area contributed by atoms with Crippen molar-refractivity contribution < 1.29 is 32.3 Å². The Kier molecular flexibility index (Phi) is 29.0. The Bertz CT molecular complexity index is 3080. The number of rotatable bonds is 11. The number of esters is 1. The first-order valence-corrected chi connectivity index (χ1v) is 24.8. The fourth-order valence-electron chi connectivity index (χ4n) is 6.10. The number of ether oxygens (including phenoxy) is 1. The number of aliphatic hydroxyl groups excluding tert-OH is 2. The lowest BCUT2D eigenvalue weighted by molar-refractivity contribution is -0.139. The molecule has 8 rings (SSSR count). The van der Waals surface area contributed by atoms with Gasteiger partial charge in [-0.15, -0.1) is 35.6 Å². The fraction of sp³-hybridized carbons (Fsp3) is 0.208. The van der Waals surface area contributed by atoms with Gasteiger partial charge in [-0.2, -0.15) is 13.7 Å². The van der Waals surface area contributed by atoms with Crippen LogP contribution in [0.25, 0.3) is 45.0 Å². The summed E-state index contributed by atoms with van der Waals surface area (Å²) in [6.45, 7) is 5.56. The number of nitrogen functional groups attached to an aromatic ring is 1. The summed E-state index contributed by atoms with van der Waals surface area (Å²) >= 11 is 9.53. The molecule has 0 saturated heterocycles. The number of aryl methyl sites for hydroxylation is 3. The van der Waals surface area contributed by atoms with Crippen molar-refractivity contribution in [3.63, 3.8) is 0 Å². The average Bonchev–Trinajstić information content (AvgIpc) is 3.42. The number of carbonyl (C=O) groups is 1. The van der Waals surface area contributed by atoms with Crippen LogP contribution in [0.3, 0.4) is 0 Å². The number of nitriles is 1. The van der Waals surface area contributed by atoms with E-state index in [4.69, 9.17) is 48.6 Å². The molecule has 4 heterocycles. The molecule has 0 unspecified atom stereocenters. The van der Waals surface area contributed by atoms with E-state index in [1.807, 2.05) is 142 Å². The second kappa shape index (κ2) is 34.1. The maximum absolute atomic E-state index is 11.2. The number of aliphatic hydroxyl groups is 2. The standard InChI is InChI=1S/C13H13N3O2.C13H11N3.C13H14N2O3S.C12H12N2O.CH2Cl2.CH4O.ClH/c1-18-12(17)7-11-15-8-10(14)13(16-11)9-5-3-2-4-6-9;1-10-9-15-12(7-8-14)16-13(10)11-5-3-2-4-6-11;1-10-8-14-12(9-18-19(2,16)17)15-13(10)11-6-4-3-5-7-11;1-9-7-13-11(8-15)14-12(9)10-5-3-2-4-6-10;2-1-3;1-2;/h2-6,8H,7,14H2,1H3;2-6,9H,7H2,1H3;3-8H,9H2,1-2H3;2-7,15H,8H2,1H3;1H2;2H,1H3;1H. The predicted octanol–water partition coefficient (Wildman–Crippen LogP) is 9.28. The first-order valence-electron chi connectivity index (χ1n) is 22.0. The zero-order valence-electron chi connectivity index (χ0n) is 41.5. The molecule has 4 aromatic carbocycles. The Morgan fingerprint density at radius 3 is 1.32 bits per heavy atom. The third-order valence-electron chi connectivity index (χ3n) is 9.43. The molecule has 0 amide bonds. The zero-order valence-corrected chi connectivity index (χ0v) is 44.6. The number of alkyl halides is 2. The van der Waals surface area contributed by atoms with Crippen LogP contribution in [0.15, 0.2) is 146 Å². The molecule has 0 radical (unpaired) electrons. The molecule has 74 heavy (non-hydrogen) atoms. The first-order chi connectivity index (χ1) is 35.2. The molecule has 0 saturated carbocycles. The van der Waals surface area contributed by atoms with Gasteiger partial charge in [0.2, 0.25) is 0 Å². The minimum atomic E-state index is -3.49. The summed E-state index contributed by atoms with van der Waals surface area (Å²) in [5.41, 5.74) is 16.4. The predicted molar refractivity (Wildman–Crippen MR) is 291 cm³/mol. The molecule has 21 heteroatoms.